The minimum Gasteiger partial charge on any atom is -0.356 e. The molecule has 0 radical (unpaired) electrons. The topological polar surface area (TPSA) is 73.3 Å². The number of thioether (sulfide) groups is 1. The van der Waals surface area contributed by atoms with E-state index in [1.165, 1.54) is 47.7 Å². The van der Waals surface area contributed by atoms with Gasteiger partial charge in [0.1, 0.15) is 6.54 Å². The fourth-order valence-electron chi connectivity index (χ4n) is 4.04. The van der Waals surface area contributed by atoms with E-state index >= 15 is 0 Å². The van der Waals surface area contributed by atoms with Gasteiger partial charge in [-0.2, -0.15) is 4.57 Å². The second kappa shape index (κ2) is 9.18. The molecule has 8 heteroatoms. The minimum atomic E-state index is -1.75. The molecule has 0 amide bonds. The van der Waals surface area contributed by atoms with E-state index in [2.05, 4.69) is 90.4 Å². The number of hydrogen-bond donors (Lipinski definition) is 0. The highest BCUT2D eigenvalue weighted by atomic mass is 32.2. The van der Waals surface area contributed by atoms with Gasteiger partial charge in [-0.1, -0.05) is 23.4 Å². The second-order valence-electron chi connectivity index (χ2n) is 7.38. The van der Waals surface area contributed by atoms with Crippen LogP contribution in [0.25, 0.3) is 27.1 Å². The number of pyridine rings is 1. The standard InChI is InChI=1S/C24H23N2S2.NO3/c1-4-25-12-10-17(19-14-16(3)6-7-20(19)25)15-23-26(5-2)21-8-9-22-18(11-13-27-22)24(21)28-23;2-1(3)4/h6-15H,4-5H2,1-3H3;/q+1;-1. The zero-order chi connectivity index (χ0) is 22.8. The van der Waals surface area contributed by atoms with Gasteiger partial charge >= 0.3 is 0 Å². The maximum atomic E-state index is 8.25. The molecule has 0 saturated heterocycles. The number of aromatic nitrogens is 1. The maximum absolute atomic E-state index is 8.25. The summed E-state index contributed by atoms with van der Waals surface area (Å²) in [7, 11) is 0. The van der Waals surface area contributed by atoms with Crippen molar-refractivity contribution in [2.75, 3.05) is 11.4 Å². The van der Waals surface area contributed by atoms with Crippen molar-refractivity contribution in [3.8, 4) is 0 Å². The molecule has 6 nitrogen and oxygen atoms in total. The molecule has 0 fully saturated rings. The Balaban J connectivity index is 0.000000567. The summed E-state index contributed by atoms with van der Waals surface area (Å²) < 4.78 is 3.69. The largest absolute Gasteiger partial charge is 0.356 e. The number of benzene rings is 2. The number of aryl methyl sites for hydroxylation is 2. The number of nitrogens with zero attached hydrogens (tertiary/aromatic N) is 3. The van der Waals surface area contributed by atoms with Crippen LogP contribution in [0.1, 0.15) is 25.0 Å². The van der Waals surface area contributed by atoms with E-state index in [0.29, 0.717) is 0 Å². The lowest BCUT2D eigenvalue weighted by Gasteiger charge is -2.18. The zero-order valence-corrected chi connectivity index (χ0v) is 19.7. The molecular formula is C24H23N3O3S2. The van der Waals surface area contributed by atoms with Crippen molar-refractivity contribution in [1.82, 2.24) is 0 Å². The van der Waals surface area contributed by atoms with Crippen molar-refractivity contribution in [1.29, 1.82) is 0 Å². The Morgan fingerprint density at radius 2 is 1.88 bits per heavy atom. The van der Waals surface area contributed by atoms with Crippen molar-refractivity contribution in [3.63, 3.8) is 0 Å². The molecule has 164 valence electrons. The molecule has 3 heterocycles. The quantitative estimate of drug-likeness (QED) is 0.200. The third kappa shape index (κ3) is 4.16. The fourth-order valence-corrected chi connectivity index (χ4v) is 6.21. The summed E-state index contributed by atoms with van der Waals surface area (Å²) in [5, 5.41) is 21.0. The third-order valence-corrected chi connectivity index (χ3v) is 7.53. The van der Waals surface area contributed by atoms with Gasteiger partial charge in [0.25, 0.3) is 0 Å². The van der Waals surface area contributed by atoms with E-state index in [-0.39, 0.29) is 0 Å². The minimum absolute atomic E-state index is 0.972. The first kappa shape index (κ1) is 22.1. The van der Waals surface area contributed by atoms with Crippen molar-refractivity contribution in [3.05, 3.63) is 85.5 Å². The molecule has 0 spiro atoms. The molecule has 0 saturated carbocycles. The molecule has 32 heavy (non-hydrogen) atoms. The summed E-state index contributed by atoms with van der Waals surface area (Å²) >= 11 is 3.73. The van der Waals surface area contributed by atoms with E-state index in [9.17, 15) is 0 Å². The lowest BCUT2D eigenvalue weighted by Crippen LogP contribution is -2.32. The lowest BCUT2D eigenvalue weighted by atomic mass is 10.1. The van der Waals surface area contributed by atoms with Crippen molar-refractivity contribution in [2.45, 2.75) is 32.2 Å². The highest BCUT2D eigenvalue weighted by Gasteiger charge is 2.26. The van der Waals surface area contributed by atoms with Gasteiger partial charge in [-0.05, 0) is 62.1 Å². The first-order valence-electron chi connectivity index (χ1n) is 10.3. The Hall–Kier alpha value is -3.10. The van der Waals surface area contributed by atoms with Gasteiger partial charge in [-0.3, -0.25) is 0 Å². The number of rotatable bonds is 3. The van der Waals surface area contributed by atoms with Crippen molar-refractivity contribution in [2.24, 2.45) is 0 Å². The number of anilines is 1. The predicted molar refractivity (Wildman–Crippen MR) is 134 cm³/mol. The van der Waals surface area contributed by atoms with Crippen LogP contribution in [0.4, 0.5) is 5.69 Å². The molecule has 0 aliphatic carbocycles. The highest BCUT2D eigenvalue weighted by molar-refractivity contribution is 8.04. The van der Waals surface area contributed by atoms with Crippen molar-refractivity contribution >= 4 is 55.9 Å². The molecular weight excluding hydrogens is 442 g/mol. The molecule has 2 aromatic carbocycles. The SMILES string of the molecule is CCN1C(=Cc2cc[n+](CC)c3ccc(C)cc23)Sc2c1ccc1sccc21.O=[N+]([O-])[O-]. The Morgan fingerprint density at radius 3 is 2.59 bits per heavy atom. The second-order valence-corrected chi connectivity index (χ2v) is 9.35. The monoisotopic (exact) mass is 465 g/mol. The Labute approximate surface area is 194 Å². The van der Waals surface area contributed by atoms with Crippen LogP contribution < -0.4 is 9.47 Å². The highest BCUT2D eigenvalue weighted by Crippen LogP contribution is 2.50. The van der Waals surface area contributed by atoms with Gasteiger partial charge in [-0.15, -0.1) is 11.3 Å². The van der Waals surface area contributed by atoms with E-state index in [1.54, 1.807) is 0 Å². The van der Waals surface area contributed by atoms with E-state index in [4.69, 9.17) is 15.3 Å². The van der Waals surface area contributed by atoms with Crippen LogP contribution in [0.5, 0.6) is 0 Å². The summed E-state index contributed by atoms with van der Waals surface area (Å²) in [6.07, 6.45) is 4.58. The molecule has 0 bridgehead atoms. The van der Waals surface area contributed by atoms with E-state index in [1.807, 2.05) is 23.1 Å². The zero-order valence-electron chi connectivity index (χ0n) is 18.1. The van der Waals surface area contributed by atoms with Gasteiger partial charge in [0, 0.05) is 33.7 Å². The smallest absolute Gasteiger partial charge is 0.213 e. The van der Waals surface area contributed by atoms with Gasteiger partial charge in [0.05, 0.1) is 21.2 Å². The van der Waals surface area contributed by atoms with Crippen LogP contribution in [0, 0.1) is 22.2 Å². The summed E-state index contributed by atoms with van der Waals surface area (Å²) in [6, 6.07) is 15.8. The molecule has 0 N–H and O–H groups in total. The molecule has 2 aromatic heterocycles. The number of thiophene rings is 1. The number of hydrogen-bond acceptors (Lipinski definition) is 6. The molecule has 0 unspecified atom stereocenters. The number of fused-ring (bicyclic) bond motifs is 4. The van der Waals surface area contributed by atoms with Crippen LogP contribution >= 0.6 is 23.1 Å². The van der Waals surface area contributed by atoms with Crippen LogP contribution in [-0.4, -0.2) is 11.6 Å². The molecule has 1 aliphatic rings. The molecule has 4 aromatic rings. The lowest BCUT2D eigenvalue weighted by molar-refractivity contribution is -0.667. The van der Waals surface area contributed by atoms with Gasteiger partial charge in [0.2, 0.25) is 5.52 Å². The van der Waals surface area contributed by atoms with E-state index in [0.717, 1.165) is 13.1 Å². The van der Waals surface area contributed by atoms with Crippen LogP contribution in [0.3, 0.4) is 0 Å². The maximum Gasteiger partial charge on any atom is 0.213 e. The molecule has 5 rings (SSSR count). The summed E-state index contributed by atoms with van der Waals surface area (Å²) in [5.41, 5.74) is 5.23. The molecule has 0 atom stereocenters. The average molecular weight is 466 g/mol. The van der Waals surface area contributed by atoms with Crippen LogP contribution in [0.2, 0.25) is 0 Å². The van der Waals surface area contributed by atoms with Crippen molar-refractivity contribution < 1.29 is 9.65 Å². The Bertz CT molecular complexity index is 1340. The van der Waals surface area contributed by atoms with Gasteiger partial charge in [-0.25, -0.2) is 0 Å². The third-order valence-electron chi connectivity index (χ3n) is 5.47. The van der Waals surface area contributed by atoms with Gasteiger partial charge in [0.15, 0.2) is 6.20 Å². The van der Waals surface area contributed by atoms with Crippen LogP contribution in [-0.2, 0) is 6.54 Å². The summed E-state index contributed by atoms with van der Waals surface area (Å²) in [6.45, 7) is 8.56. The average Bonchev–Trinajstić information content (AvgIpc) is 3.37. The Morgan fingerprint density at radius 1 is 1.09 bits per heavy atom. The normalized spacial score (nSPS) is 14.0. The molecule has 1 aliphatic heterocycles. The predicted octanol–water partition coefficient (Wildman–Crippen LogP) is 6.36. The van der Waals surface area contributed by atoms with Gasteiger partial charge < -0.3 is 20.2 Å². The van der Waals surface area contributed by atoms with Crippen LogP contribution in [0.15, 0.2) is 64.0 Å². The summed E-state index contributed by atoms with van der Waals surface area (Å²) in [5.74, 6) is 0. The Kier molecular flexibility index (Phi) is 6.34. The first-order chi connectivity index (χ1) is 15.4. The fraction of sp³-hybridized carbons (Fsp3) is 0.208. The summed E-state index contributed by atoms with van der Waals surface area (Å²) in [4.78, 5) is 12.1. The first-order valence-corrected chi connectivity index (χ1v) is 12.0. The van der Waals surface area contributed by atoms with E-state index < -0.39 is 5.09 Å².